The van der Waals surface area contributed by atoms with Crippen LogP contribution in [0.2, 0.25) is 0 Å². The van der Waals surface area contributed by atoms with Gasteiger partial charge >= 0.3 is 12.2 Å². The summed E-state index contributed by atoms with van der Waals surface area (Å²) in [7, 11) is 0. The van der Waals surface area contributed by atoms with Crippen molar-refractivity contribution in [2.75, 3.05) is 30.3 Å². The molecule has 0 spiro atoms. The van der Waals surface area contributed by atoms with E-state index >= 15 is 0 Å². The van der Waals surface area contributed by atoms with Crippen LogP contribution in [0.1, 0.15) is 25.0 Å². The summed E-state index contributed by atoms with van der Waals surface area (Å²) >= 11 is 0. The van der Waals surface area contributed by atoms with E-state index in [0.29, 0.717) is 23.4 Å². The molecular weight excluding hydrogens is 471 g/mol. The highest BCUT2D eigenvalue weighted by Crippen LogP contribution is 2.33. The lowest BCUT2D eigenvalue weighted by Gasteiger charge is -2.36. The molecule has 1 heterocycles. The van der Waals surface area contributed by atoms with Gasteiger partial charge in [-0.1, -0.05) is 12.6 Å². The molecule has 1 aliphatic rings. The Labute approximate surface area is 208 Å². The normalized spacial score (nSPS) is 16.9. The van der Waals surface area contributed by atoms with Crippen LogP contribution in [0.25, 0.3) is 0 Å². The summed E-state index contributed by atoms with van der Waals surface area (Å²) < 4.78 is 45.2. The molecule has 0 aromatic heterocycles. The maximum atomic E-state index is 13.1. The maximum Gasteiger partial charge on any atom is 0.416 e. The molecule has 192 valence electrons. The standard InChI is InChI=1S/C26H30F3N5O2/c1-5-31-24(14-18(3)34-13-12-30-16-19(34)4)36-22-10-8-20(9-11-22)32-25(35)33-21-7-6-17(2)23(15-21)26(27,28)29/h5-11,14-15,19,30H,1,12-13,16H2,2-4H3,(H2,32,33,35)/b18-14+,31-24+/t19-/m1/s1. The van der Waals surface area contributed by atoms with E-state index in [-0.39, 0.29) is 11.3 Å². The van der Waals surface area contributed by atoms with Gasteiger partial charge in [0.1, 0.15) is 5.75 Å². The highest BCUT2D eigenvalue weighted by molar-refractivity contribution is 6.00. The first-order valence-corrected chi connectivity index (χ1v) is 11.4. The fourth-order valence-electron chi connectivity index (χ4n) is 3.84. The number of piperazine rings is 1. The number of rotatable bonds is 6. The summed E-state index contributed by atoms with van der Waals surface area (Å²) in [5, 5.41) is 8.37. The Morgan fingerprint density at radius 2 is 1.86 bits per heavy atom. The number of allylic oxidation sites excluding steroid dienone is 1. The molecule has 0 aliphatic carbocycles. The lowest BCUT2D eigenvalue weighted by molar-refractivity contribution is -0.138. The van der Waals surface area contributed by atoms with E-state index in [1.807, 2.05) is 13.0 Å². The molecule has 1 aliphatic heterocycles. The van der Waals surface area contributed by atoms with Crippen molar-refractivity contribution in [2.45, 2.75) is 33.0 Å². The number of ether oxygens (including phenoxy) is 1. The smallest absolute Gasteiger partial charge is 0.416 e. The van der Waals surface area contributed by atoms with E-state index in [9.17, 15) is 18.0 Å². The van der Waals surface area contributed by atoms with Crippen molar-refractivity contribution in [3.05, 3.63) is 78.1 Å². The number of nitrogens with zero attached hydrogens (tertiary/aromatic N) is 2. The number of amides is 2. The molecule has 0 saturated carbocycles. The van der Waals surface area contributed by atoms with Gasteiger partial charge in [0, 0.05) is 55.0 Å². The van der Waals surface area contributed by atoms with E-state index in [1.165, 1.54) is 25.3 Å². The number of aryl methyl sites for hydroxylation is 1. The van der Waals surface area contributed by atoms with Crippen LogP contribution >= 0.6 is 0 Å². The zero-order valence-electron chi connectivity index (χ0n) is 20.4. The van der Waals surface area contributed by atoms with Gasteiger partial charge in [0.25, 0.3) is 0 Å². The van der Waals surface area contributed by atoms with Gasteiger partial charge in [-0.2, -0.15) is 13.2 Å². The summed E-state index contributed by atoms with van der Waals surface area (Å²) in [5.74, 6) is 0.860. The molecule has 0 unspecified atom stereocenters. The predicted molar refractivity (Wildman–Crippen MR) is 136 cm³/mol. The first kappa shape index (κ1) is 26.8. The number of benzene rings is 2. The zero-order valence-corrected chi connectivity index (χ0v) is 20.4. The lowest BCUT2D eigenvalue weighted by Crippen LogP contribution is -2.48. The van der Waals surface area contributed by atoms with Crippen LogP contribution in [0, 0.1) is 6.92 Å². The Morgan fingerprint density at radius 3 is 2.50 bits per heavy atom. The molecule has 7 nitrogen and oxygen atoms in total. The second kappa shape index (κ2) is 11.8. The fourth-order valence-corrected chi connectivity index (χ4v) is 3.84. The quantitative estimate of drug-likeness (QED) is 0.347. The summed E-state index contributed by atoms with van der Waals surface area (Å²) in [6, 6.07) is 9.84. The van der Waals surface area contributed by atoms with Gasteiger partial charge in [0.05, 0.1) is 5.56 Å². The topological polar surface area (TPSA) is 78.0 Å². The summed E-state index contributed by atoms with van der Waals surface area (Å²) in [6.07, 6.45) is -1.26. The second-order valence-electron chi connectivity index (χ2n) is 8.42. The number of urea groups is 1. The van der Waals surface area contributed by atoms with Crippen molar-refractivity contribution in [3.63, 3.8) is 0 Å². The Balaban J connectivity index is 1.63. The molecule has 2 aromatic carbocycles. The SMILES string of the molecule is C=C/N=C(\C=C(/C)N1CCNC[C@H]1C)Oc1ccc(NC(=O)Nc2ccc(C)c(C(F)(F)F)c2)cc1. The van der Waals surface area contributed by atoms with Crippen LogP contribution in [0.3, 0.4) is 0 Å². The summed E-state index contributed by atoms with van der Waals surface area (Å²) in [6.45, 7) is 11.8. The number of aliphatic imine (C=N–C) groups is 1. The molecule has 10 heteroatoms. The van der Waals surface area contributed by atoms with Crippen molar-refractivity contribution in [2.24, 2.45) is 4.99 Å². The molecule has 2 aromatic rings. The third-order valence-corrected chi connectivity index (χ3v) is 5.64. The van der Waals surface area contributed by atoms with E-state index in [1.54, 1.807) is 24.3 Å². The molecule has 3 rings (SSSR count). The lowest BCUT2D eigenvalue weighted by atomic mass is 10.1. The van der Waals surface area contributed by atoms with Crippen molar-refractivity contribution in [1.82, 2.24) is 10.2 Å². The van der Waals surface area contributed by atoms with Crippen molar-refractivity contribution in [1.29, 1.82) is 0 Å². The minimum Gasteiger partial charge on any atom is -0.439 e. The Morgan fingerprint density at radius 1 is 1.19 bits per heavy atom. The molecule has 3 N–H and O–H groups in total. The van der Waals surface area contributed by atoms with Crippen LogP contribution in [0.4, 0.5) is 29.3 Å². The van der Waals surface area contributed by atoms with Crippen LogP contribution in [0.5, 0.6) is 5.75 Å². The summed E-state index contributed by atoms with van der Waals surface area (Å²) in [4.78, 5) is 18.8. The Bertz CT molecular complexity index is 1140. The molecule has 1 fully saturated rings. The Kier molecular flexibility index (Phi) is 8.76. The first-order chi connectivity index (χ1) is 17.1. The van der Waals surface area contributed by atoms with Crippen molar-refractivity contribution < 1.29 is 22.7 Å². The molecular formula is C26H30F3N5O2. The minimum atomic E-state index is -4.50. The van der Waals surface area contributed by atoms with E-state index in [2.05, 4.69) is 39.3 Å². The van der Waals surface area contributed by atoms with E-state index < -0.39 is 17.8 Å². The molecule has 0 bridgehead atoms. The van der Waals surface area contributed by atoms with Gasteiger partial charge < -0.3 is 25.6 Å². The maximum absolute atomic E-state index is 13.1. The van der Waals surface area contributed by atoms with Crippen LogP contribution in [-0.4, -0.2) is 42.5 Å². The third-order valence-electron chi connectivity index (χ3n) is 5.64. The van der Waals surface area contributed by atoms with Gasteiger partial charge in [-0.15, -0.1) is 0 Å². The van der Waals surface area contributed by atoms with Gasteiger partial charge in [0.2, 0.25) is 5.90 Å². The van der Waals surface area contributed by atoms with Gasteiger partial charge in [0.15, 0.2) is 0 Å². The van der Waals surface area contributed by atoms with Crippen LogP contribution < -0.4 is 20.7 Å². The third kappa shape index (κ3) is 7.35. The van der Waals surface area contributed by atoms with E-state index in [4.69, 9.17) is 4.74 Å². The van der Waals surface area contributed by atoms with E-state index in [0.717, 1.165) is 31.4 Å². The number of hydrogen-bond acceptors (Lipinski definition) is 5. The average molecular weight is 502 g/mol. The number of halogens is 3. The van der Waals surface area contributed by atoms with Crippen LogP contribution in [0.15, 0.2) is 72.0 Å². The van der Waals surface area contributed by atoms with Crippen molar-refractivity contribution in [3.8, 4) is 5.75 Å². The molecule has 1 atom stereocenters. The van der Waals surface area contributed by atoms with Gasteiger partial charge in [-0.05, 0) is 62.7 Å². The first-order valence-electron chi connectivity index (χ1n) is 11.4. The highest BCUT2D eigenvalue weighted by Gasteiger charge is 2.32. The highest BCUT2D eigenvalue weighted by atomic mass is 19.4. The van der Waals surface area contributed by atoms with Gasteiger partial charge in [-0.3, -0.25) is 0 Å². The predicted octanol–water partition coefficient (Wildman–Crippen LogP) is 5.78. The largest absolute Gasteiger partial charge is 0.439 e. The number of anilines is 2. The Hall–Kier alpha value is -3.79. The zero-order chi connectivity index (χ0) is 26.3. The number of carbonyl (C=O) groups excluding carboxylic acids is 1. The number of alkyl halides is 3. The number of nitrogens with one attached hydrogen (secondary N) is 3. The summed E-state index contributed by atoms with van der Waals surface area (Å²) in [5.41, 5.74) is 0.776. The molecule has 36 heavy (non-hydrogen) atoms. The van der Waals surface area contributed by atoms with Crippen LogP contribution in [-0.2, 0) is 6.18 Å². The molecule has 2 amide bonds. The molecule has 0 radical (unpaired) electrons. The fraction of sp³-hybridized carbons (Fsp3) is 0.308. The van der Waals surface area contributed by atoms with Gasteiger partial charge in [-0.25, -0.2) is 9.79 Å². The monoisotopic (exact) mass is 501 g/mol. The second-order valence-corrected chi connectivity index (χ2v) is 8.42. The number of hydrogen-bond donors (Lipinski definition) is 3. The number of carbonyl (C=O) groups is 1. The molecule has 1 saturated heterocycles. The average Bonchev–Trinajstić information content (AvgIpc) is 2.81. The minimum absolute atomic E-state index is 0.0385. The van der Waals surface area contributed by atoms with Crippen molar-refractivity contribution >= 4 is 23.3 Å².